The summed E-state index contributed by atoms with van der Waals surface area (Å²) >= 11 is 6.19. The van der Waals surface area contributed by atoms with Gasteiger partial charge in [-0.1, -0.05) is 37.6 Å². The molecule has 2 aromatic carbocycles. The van der Waals surface area contributed by atoms with Crippen molar-refractivity contribution in [2.75, 3.05) is 11.5 Å². The summed E-state index contributed by atoms with van der Waals surface area (Å²) in [5, 5.41) is 8.76. The van der Waals surface area contributed by atoms with Gasteiger partial charge in [0, 0.05) is 0 Å². The number of anilines is 1. The van der Waals surface area contributed by atoms with Gasteiger partial charge in [0.1, 0.15) is 10.8 Å². The van der Waals surface area contributed by atoms with Crippen LogP contribution in [0.2, 0.25) is 0 Å². The van der Waals surface area contributed by atoms with Gasteiger partial charge in [0.2, 0.25) is 0 Å². The fraction of sp³-hybridized carbons (Fsp3) is 0.190. The average molecular weight is 381 g/mol. The summed E-state index contributed by atoms with van der Waals surface area (Å²) in [6, 6.07) is 15.1. The fourth-order valence-corrected chi connectivity index (χ4v) is 2.93. The number of benzene rings is 2. The van der Waals surface area contributed by atoms with E-state index in [0.717, 1.165) is 4.90 Å². The van der Waals surface area contributed by atoms with Gasteiger partial charge >= 0.3 is 0 Å². The molecule has 0 aliphatic carbocycles. The molecule has 0 aromatic heterocycles. The van der Waals surface area contributed by atoms with Gasteiger partial charge in [0.05, 0.1) is 29.5 Å². The molecule has 0 N–H and O–H groups in total. The van der Waals surface area contributed by atoms with E-state index < -0.39 is 11.8 Å². The van der Waals surface area contributed by atoms with Gasteiger partial charge in [-0.2, -0.15) is 5.26 Å². The number of hydrogen-bond acceptors (Lipinski definition) is 4. The zero-order chi connectivity index (χ0) is 19.6. The first kappa shape index (κ1) is 18.7. The van der Waals surface area contributed by atoms with Crippen molar-refractivity contribution in [2.45, 2.75) is 13.8 Å². The van der Waals surface area contributed by atoms with E-state index in [1.165, 1.54) is 0 Å². The monoisotopic (exact) mass is 380 g/mol. The van der Waals surface area contributed by atoms with Gasteiger partial charge in [-0.3, -0.25) is 9.59 Å². The van der Waals surface area contributed by atoms with Crippen LogP contribution >= 0.6 is 11.6 Å². The van der Waals surface area contributed by atoms with Crippen molar-refractivity contribution in [2.24, 2.45) is 5.92 Å². The number of hydrogen-bond donors (Lipinski definition) is 0. The van der Waals surface area contributed by atoms with Crippen molar-refractivity contribution in [3.63, 3.8) is 0 Å². The Labute approximate surface area is 162 Å². The first-order valence-electron chi connectivity index (χ1n) is 8.44. The van der Waals surface area contributed by atoms with Gasteiger partial charge in [-0.15, -0.1) is 0 Å². The molecule has 0 atom stereocenters. The van der Waals surface area contributed by atoms with Crippen molar-refractivity contribution >= 4 is 34.7 Å². The van der Waals surface area contributed by atoms with Crippen molar-refractivity contribution in [3.8, 4) is 11.8 Å². The molecule has 3 rings (SSSR count). The van der Waals surface area contributed by atoms with E-state index in [0.29, 0.717) is 35.1 Å². The van der Waals surface area contributed by atoms with Gasteiger partial charge in [0.25, 0.3) is 11.8 Å². The van der Waals surface area contributed by atoms with E-state index in [1.807, 2.05) is 6.07 Å². The molecule has 6 heteroatoms. The standard InChI is InChI=1S/C21H17ClN2O3/c1-13(2)12-27-17-9-5-15(6-10-17)18-19(22)21(26)24(20(18)25)16-7-3-14(11-23)4-8-16/h3-10,13H,12H2,1-2H3. The van der Waals surface area contributed by atoms with E-state index in [4.69, 9.17) is 21.6 Å². The second kappa shape index (κ2) is 7.65. The molecular formula is C21H17ClN2O3. The van der Waals surface area contributed by atoms with Gasteiger partial charge in [-0.25, -0.2) is 4.90 Å². The Morgan fingerprint density at radius 2 is 1.67 bits per heavy atom. The minimum Gasteiger partial charge on any atom is -0.493 e. The van der Waals surface area contributed by atoms with Gasteiger partial charge in [0.15, 0.2) is 0 Å². The fourth-order valence-electron chi connectivity index (χ4n) is 2.65. The average Bonchev–Trinajstić information content (AvgIpc) is 2.89. The Balaban J connectivity index is 1.86. The second-order valence-electron chi connectivity index (χ2n) is 6.52. The molecule has 1 aliphatic rings. The number of nitriles is 1. The Morgan fingerprint density at radius 3 is 2.22 bits per heavy atom. The zero-order valence-corrected chi connectivity index (χ0v) is 15.7. The molecule has 5 nitrogen and oxygen atoms in total. The van der Waals surface area contributed by atoms with Crippen LogP contribution in [0.1, 0.15) is 25.0 Å². The highest BCUT2D eigenvalue weighted by atomic mass is 35.5. The number of nitrogens with zero attached hydrogens (tertiary/aromatic N) is 2. The molecule has 27 heavy (non-hydrogen) atoms. The summed E-state index contributed by atoms with van der Waals surface area (Å²) in [5.41, 5.74) is 1.51. The Kier molecular flexibility index (Phi) is 5.29. The number of halogens is 1. The number of imide groups is 1. The molecule has 0 saturated carbocycles. The molecule has 1 aliphatic heterocycles. The Morgan fingerprint density at radius 1 is 1.04 bits per heavy atom. The Bertz CT molecular complexity index is 954. The molecule has 0 spiro atoms. The lowest BCUT2D eigenvalue weighted by Gasteiger charge is -2.15. The molecule has 2 amide bonds. The third kappa shape index (κ3) is 3.71. The maximum absolute atomic E-state index is 12.8. The maximum atomic E-state index is 12.8. The normalized spacial score (nSPS) is 14.1. The third-order valence-corrected chi connectivity index (χ3v) is 4.36. The molecule has 0 unspecified atom stereocenters. The maximum Gasteiger partial charge on any atom is 0.277 e. The molecular weight excluding hydrogens is 364 g/mol. The lowest BCUT2D eigenvalue weighted by molar-refractivity contribution is -0.119. The third-order valence-electron chi connectivity index (χ3n) is 4.01. The summed E-state index contributed by atoms with van der Waals surface area (Å²) in [7, 11) is 0. The number of rotatable bonds is 5. The highest BCUT2D eigenvalue weighted by Gasteiger charge is 2.39. The summed E-state index contributed by atoms with van der Waals surface area (Å²) in [6.45, 7) is 4.70. The number of amides is 2. The van der Waals surface area contributed by atoms with E-state index >= 15 is 0 Å². The number of carbonyl (C=O) groups excluding carboxylic acids is 2. The smallest absolute Gasteiger partial charge is 0.277 e. The second-order valence-corrected chi connectivity index (χ2v) is 6.90. The summed E-state index contributed by atoms with van der Waals surface area (Å²) in [6.07, 6.45) is 0. The number of carbonyl (C=O) groups is 2. The van der Waals surface area contributed by atoms with Crippen LogP contribution in [-0.4, -0.2) is 18.4 Å². The number of ether oxygens (including phenoxy) is 1. The van der Waals surface area contributed by atoms with Crippen LogP contribution in [0.3, 0.4) is 0 Å². The zero-order valence-electron chi connectivity index (χ0n) is 14.9. The lowest BCUT2D eigenvalue weighted by atomic mass is 10.1. The largest absolute Gasteiger partial charge is 0.493 e. The molecule has 2 aromatic rings. The summed E-state index contributed by atoms with van der Waals surface area (Å²) < 4.78 is 5.63. The molecule has 0 saturated heterocycles. The summed E-state index contributed by atoms with van der Waals surface area (Å²) in [4.78, 5) is 26.4. The molecule has 0 fully saturated rings. The van der Waals surface area contributed by atoms with Crippen LogP contribution in [0.25, 0.3) is 5.57 Å². The van der Waals surface area contributed by atoms with Crippen LogP contribution in [0.4, 0.5) is 5.69 Å². The van der Waals surface area contributed by atoms with Crippen LogP contribution < -0.4 is 9.64 Å². The van der Waals surface area contributed by atoms with Gasteiger partial charge in [-0.05, 0) is 47.9 Å². The molecule has 1 heterocycles. The SMILES string of the molecule is CC(C)COc1ccc(C2=C(Cl)C(=O)N(c3ccc(C#N)cc3)C2=O)cc1. The Hall–Kier alpha value is -3.10. The lowest BCUT2D eigenvalue weighted by Crippen LogP contribution is -2.31. The first-order valence-corrected chi connectivity index (χ1v) is 8.82. The van der Waals surface area contributed by atoms with E-state index in [9.17, 15) is 9.59 Å². The van der Waals surface area contributed by atoms with Crippen LogP contribution in [0, 0.1) is 17.2 Å². The van der Waals surface area contributed by atoms with Crippen LogP contribution in [0.5, 0.6) is 5.75 Å². The quantitative estimate of drug-likeness (QED) is 0.731. The highest BCUT2D eigenvalue weighted by molar-refractivity contribution is 6.60. The van der Waals surface area contributed by atoms with Crippen LogP contribution in [-0.2, 0) is 9.59 Å². The van der Waals surface area contributed by atoms with E-state index in [-0.39, 0.29) is 10.6 Å². The van der Waals surface area contributed by atoms with Crippen molar-refractivity contribution in [1.82, 2.24) is 0 Å². The van der Waals surface area contributed by atoms with Crippen molar-refractivity contribution < 1.29 is 14.3 Å². The van der Waals surface area contributed by atoms with E-state index in [2.05, 4.69) is 13.8 Å². The molecule has 136 valence electrons. The minimum absolute atomic E-state index is 0.125. The summed E-state index contributed by atoms with van der Waals surface area (Å²) in [5.74, 6) is 0.00815. The van der Waals surface area contributed by atoms with Crippen molar-refractivity contribution in [1.29, 1.82) is 5.26 Å². The molecule has 0 radical (unpaired) electrons. The predicted octanol–water partition coefficient (Wildman–Crippen LogP) is 4.12. The minimum atomic E-state index is -0.582. The molecule has 0 bridgehead atoms. The first-order chi connectivity index (χ1) is 12.9. The van der Waals surface area contributed by atoms with Crippen LogP contribution in [0.15, 0.2) is 53.6 Å². The van der Waals surface area contributed by atoms with Gasteiger partial charge < -0.3 is 4.74 Å². The van der Waals surface area contributed by atoms with E-state index in [1.54, 1.807) is 48.5 Å². The predicted molar refractivity (Wildman–Crippen MR) is 103 cm³/mol. The highest BCUT2D eigenvalue weighted by Crippen LogP contribution is 2.35. The topological polar surface area (TPSA) is 70.4 Å². The van der Waals surface area contributed by atoms with Crippen molar-refractivity contribution in [3.05, 3.63) is 64.7 Å².